The minimum atomic E-state index is -0.130. The van der Waals surface area contributed by atoms with Crippen LogP contribution in [-0.2, 0) is 6.54 Å². The van der Waals surface area contributed by atoms with Gasteiger partial charge >= 0.3 is 6.03 Å². The fourth-order valence-corrected chi connectivity index (χ4v) is 3.36. The van der Waals surface area contributed by atoms with Crippen molar-refractivity contribution in [2.75, 3.05) is 4.90 Å². The highest BCUT2D eigenvalue weighted by molar-refractivity contribution is 6.31. The summed E-state index contributed by atoms with van der Waals surface area (Å²) in [6.07, 6.45) is 5.22. The Morgan fingerprint density at radius 1 is 1.12 bits per heavy atom. The van der Waals surface area contributed by atoms with Crippen molar-refractivity contribution in [3.63, 3.8) is 0 Å². The summed E-state index contributed by atoms with van der Waals surface area (Å²) in [6.45, 7) is 2.50. The number of carbonyl (C=O) groups is 1. The van der Waals surface area contributed by atoms with E-state index in [1.807, 2.05) is 48.2 Å². The molecule has 4 rings (SSSR count). The second kappa shape index (κ2) is 6.77. The Kier molecular flexibility index (Phi) is 4.31. The lowest BCUT2D eigenvalue weighted by molar-refractivity contribution is 0.180. The van der Waals surface area contributed by atoms with Gasteiger partial charge in [0.15, 0.2) is 0 Å². The van der Waals surface area contributed by atoms with Gasteiger partial charge in [0.2, 0.25) is 0 Å². The third-order valence-corrected chi connectivity index (χ3v) is 4.79. The monoisotopic (exact) mass is 364 g/mol. The van der Waals surface area contributed by atoms with Crippen LogP contribution >= 0.6 is 11.6 Å². The molecule has 1 aliphatic rings. The van der Waals surface area contributed by atoms with Gasteiger partial charge in [0, 0.05) is 29.2 Å². The van der Waals surface area contributed by atoms with Gasteiger partial charge in [-0.2, -0.15) is 0 Å². The minimum absolute atomic E-state index is 0.119. The van der Waals surface area contributed by atoms with Gasteiger partial charge in [-0.1, -0.05) is 29.8 Å². The molecule has 1 aromatic carbocycles. The quantitative estimate of drug-likeness (QED) is 0.659. The first kappa shape index (κ1) is 16.5. The number of hydrogen-bond acceptors (Lipinski definition) is 3. The molecule has 0 aliphatic carbocycles. The Bertz CT molecular complexity index is 947. The van der Waals surface area contributed by atoms with Crippen LogP contribution in [0.4, 0.5) is 16.3 Å². The molecule has 3 aromatic rings. The largest absolute Gasteiger partial charge is 0.331 e. The third kappa shape index (κ3) is 2.91. The third-order valence-electron chi connectivity index (χ3n) is 4.56. The predicted molar refractivity (Wildman–Crippen MR) is 101 cm³/mol. The normalized spacial score (nSPS) is 14.9. The molecule has 5 nitrogen and oxygen atoms in total. The average Bonchev–Trinajstić information content (AvgIpc) is 2.67. The smallest absolute Gasteiger partial charge is 0.313 e. The summed E-state index contributed by atoms with van der Waals surface area (Å²) in [4.78, 5) is 25.4. The van der Waals surface area contributed by atoms with Crippen LogP contribution < -0.4 is 4.90 Å². The number of carbonyl (C=O) groups excluding carboxylic acids is 1. The molecule has 26 heavy (non-hydrogen) atoms. The first-order chi connectivity index (χ1) is 12.6. The fraction of sp³-hybridized carbons (Fsp3) is 0.150. The van der Waals surface area contributed by atoms with E-state index in [1.54, 1.807) is 35.6 Å². The van der Waals surface area contributed by atoms with Crippen LogP contribution in [0.25, 0.3) is 0 Å². The van der Waals surface area contributed by atoms with Gasteiger partial charge in [0.1, 0.15) is 5.82 Å². The van der Waals surface area contributed by atoms with Crippen molar-refractivity contribution in [1.29, 1.82) is 0 Å². The van der Waals surface area contributed by atoms with Crippen molar-refractivity contribution in [2.45, 2.75) is 19.5 Å². The van der Waals surface area contributed by atoms with Crippen LogP contribution in [0.1, 0.15) is 24.1 Å². The molecule has 1 atom stereocenters. The number of benzene rings is 1. The lowest BCUT2D eigenvalue weighted by Crippen LogP contribution is -2.46. The van der Waals surface area contributed by atoms with E-state index in [1.165, 1.54) is 0 Å². The molecule has 0 bridgehead atoms. The number of halogens is 1. The summed E-state index contributed by atoms with van der Waals surface area (Å²) < 4.78 is 0. The summed E-state index contributed by atoms with van der Waals surface area (Å²) >= 11 is 6.15. The van der Waals surface area contributed by atoms with Gasteiger partial charge in [0.05, 0.1) is 18.3 Å². The summed E-state index contributed by atoms with van der Waals surface area (Å²) in [7, 11) is 0. The molecule has 0 N–H and O–H groups in total. The van der Waals surface area contributed by atoms with Crippen LogP contribution in [0.15, 0.2) is 67.1 Å². The highest BCUT2D eigenvalue weighted by atomic mass is 35.5. The van der Waals surface area contributed by atoms with Gasteiger partial charge < -0.3 is 4.90 Å². The molecule has 1 unspecified atom stereocenters. The highest BCUT2D eigenvalue weighted by Crippen LogP contribution is 2.37. The predicted octanol–water partition coefficient (Wildman–Crippen LogP) is 4.96. The molecule has 0 spiro atoms. The van der Waals surface area contributed by atoms with Crippen molar-refractivity contribution in [2.24, 2.45) is 0 Å². The summed E-state index contributed by atoms with van der Waals surface area (Å²) in [6, 6.07) is 14.7. The Hall–Kier alpha value is -2.92. The van der Waals surface area contributed by atoms with Gasteiger partial charge in [-0.05, 0) is 42.8 Å². The molecular weight excluding hydrogens is 348 g/mol. The summed E-state index contributed by atoms with van der Waals surface area (Å²) in [5.41, 5.74) is 2.67. The van der Waals surface area contributed by atoms with Crippen molar-refractivity contribution in [1.82, 2.24) is 14.9 Å². The molecule has 3 heterocycles. The zero-order chi connectivity index (χ0) is 18.1. The second-order valence-electron chi connectivity index (χ2n) is 6.17. The number of nitrogens with zero attached hydrogens (tertiary/aromatic N) is 4. The van der Waals surface area contributed by atoms with Crippen molar-refractivity contribution >= 4 is 29.1 Å². The van der Waals surface area contributed by atoms with E-state index in [0.717, 1.165) is 11.1 Å². The maximum atomic E-state index is 13.4. The van der Waals surface area contributed by atoms with Crippen molar-refractivity contribution < 1.29 is 4.79 Å². The lowest BCUT2D eigenvalue weighted by Gasteiger charge is -2.39. The highest BCUT2D eigenvalue weighted by Gasteiger charge is 2.35. The molecule has 2 amide bonds. The van der Waals surface area contributed by atoms with E-state index >= 15 is 0 Å². The Labute approximate surface area is 156 Å². The minimum Gasteiger partial charge on any atom is -0.313 e. The van der Waals surface area contributed by atoms with E-state index in [0.29, 0.717) is 23.1 Å². The number of urea groups is 1. The summed E-state index contributed by atoms with van der Waals surface area (Å²) in [5.74, 6) is 0.648. The number of fused-ring (bicyclic) bond motifs is 1. The molecule has 2 aromatic heterocycles. The Morgan fingerprint density at radius 3 is 2.73 bits per heavy atom. The number of rotatable bonds is 3. The van der Waals surface area contributed by atoms with Crippen LogP contribution in [0.5, 0.6) is 0 Å². The van der Waals surface area contributed by atoms with Crippen molar-refractivity contribution in [3.05, 3.63) is 83.3 Å². The van der Waals surface area contributed by atoms with Crippen LogP contribution in [0, 0.1) is 0 Å². The molecule has 6 heteroatoms. The average molecular weight is 365 g/mol. The fourth-order valence-electron chi connectivity index (χ4n) is 3.18. The Balaban J connectivity index is 1.79. The van der Waals surface area contributed by atoms with Gasteiger partial charge in [-0.3, -0.25) is 4.98 Å². The zero-order valence-electron chi connectivity index (χ0n) is 14.2. The van der Waals surface area contributed by atoms with E-state index in [2.05, 4.69) is 9.97 Å². The number of amides is 2. The molecule has 0 fully saturated rings. The molecule has 1 aliphatic heterocycles. The SMILES string of the molecule is CC(c1cccnc1)N1Cc2cccnc2N(c2cccc(Cl)c2)C1=O. The molecule has 0 radical (unpaired) electrons. The van der Waals surface area contributed by atoms with Gasteiger partial charge in [-0.25, -0.2) is 14.7 Å². The summed E-state index contributed by atoms with van der Waals surface area (Å²) in [5, 5.41) is 0.574. The number of aromatic nitrogens is 2. The Morgan fingerprint density at radius 2 is 1.96 bits per heavy atom. The maximum Gasteiger partial charge on any atom is 0.331 e. The number of anilines is 2. The lowest BCUT2D eigenvalue weighted by atomic mass is 10.1. The standard InChI is InChI=1S/C20H17ClN4O/c1-14(15-5-3-9-22-12-15)24-13-16-6-4-10-23-19(16)25(20(24)26)18-8-2-7-17(21)11-18/h2-12,14H,13H2,1H3. The van der Waals surface area contributed by atoms with Crippen LogP contribution in [0.2, 0.25) is 5.02 Å². The molecular formula is C20H17ClN4O. The van der Waals surface area contributed by atoms with E-state index in [-0.39, 0.29) is 12.1 Å². The molecule has 0 saturated carbocycles. The van der Waals surface area contributed by atoms with Crippen LogP contribution in [-0.4, -0.2) is 20.9 Å². The molecule has 0 saturated heterocycles. The first-order valence-corrected chi connectivity index (χ1v) is 8.73. The first-order valence-electron chi connectivity index (χ1n) is 8.35. The van der Waals surface area contributed by atoms with Crippen LogP contribution in [0.3, 0.4) is 0 Å². The number of hydrogen-bond donors (Lipinski definition) is 0. The van der Waals surface area contributed by atoms with Gasteiger partial charge in [-0.15, -0.1) is 0 Å². The molecule has 130 valence electrons. The maximum absolute atomic E-state index is 13.4. The zero-order valence-corrected chi connectivity index (χ0v) is 15.0. The van der Waals surface area contributed by atoms with E-state index < -0.39 is 0 Å². The topological polar surface area (TPSA) is 49.3 Å². The van der Waals surface area contributed by atoms with Gasteiger partial charge in [0.25, 0.3) is 0 Å². The second-order valence-corrected chi connectivity index (χ2v) is 6.61. The van der Waals surface area contributed by atoms with E-state index in [9.17, 15) is 4.79 Å². The van der Waals surface area contributed by atoms with Crippen molar-refractivity contribution in [3.8, 4) is 0 Å². The number of pyridine rings is 2. The van der Waals surface area contributed by atoms with E-state index in [4.69, 9.17) is 11.6 Å².